The number of hydrogen-bond donors (Lipinski definition) is 0. The van der Waals surface area contributed by atoms with Crippen molar-refractivity contribution >= 4 is 10.0 Å². The summed E-state index contributed by atoms with van der Waals surface area (Å²) in [5.74, 6) is -0.450. The van der Waals surface area contributed by atoms with E-state index >= 15 is 0 Å². The Labute approximate surface area is 93.7 Å². The number of sulfonamides is 1. The second-order valence-corrected chi connectivity index (χ2v) is 5.46. The average molecular weight is 245 g/mol. The summed E-state index contributed by atoms with van der Waals surface area (Å²) >= 11 is 0. The van der Waals surface area contributed by atoms with Gasteiger partial charge >= 0.3 is 0 Å². The lowest BCUT2D eigenvalue weighted by Gasteiger charge is -2.25. The Kier molecular flexibility index (Phi) is 3.22. The smallest absolute Gasteiger partial charge is 0.245 e. The fraction of sp³-hybridized carbons (Fsp3) is 0.400. The molecule has 0 saturated carbocycles. The van der Waals surface area contributed by atoms with Crippen molar-refractivity contribution in [3.63, 3.8) is 0 Å². The van der Waals surface area contributed by atoms with E-state index in [-0.39, 0.29) is 11.6 Å². The highest BCUT2D eigenvalue weighted by Gasteiger charge is 2.26. The molecular formula is C10H12FNO3S. The summed E-state index contributed by atoms with van der Waals surface area (Å²) in [6, 6.07) is 4.80. The Balaban J connectivity index is 2.27. The summed E-state index contributed by atoms with van der Waals surface area (Å²) in [6.45, 7) is 1.09. The van der Waals surface area contributed by atoms with Gasteiger partial charge in [-0.1, -0.05) is 0 Å². The Morgan fingerprint density at radius 3 is 2.50 bits per heavy atom. The molecule has 0 aromatic heterocycles. The predicted molar refractivity (Wildman–Crippen MR) is 55.7 cm³/mol. The summed E-state index contributed by atoms with van der Waals surface area (Å²) in [5.41, 5.74) is 0. The van der Waals surface area contributed by atoms with Gasteiger partial charge in [-0.3, -0.25) is 0 Å². The Morgan fingerprint density at radius 2 is 1.94 bits per heavy atom. The quantitative estimate of drug-likeness (QED) is 0.786. The third kappa shape index (κ3) is 2.23. The number of hydrogen-bond acceptors (Lipinski definition) is 3. The SMILES string of the molecule is O=S(=O)(c1ccc(F)cc1)N1CCCOC1. The molecule has 1 aromatic rings. The number of benzene rings is 1. The van der Waals surface area contributed by atoms with Crippen molar-refractivity contribution in [3.05, 3.63) is 30.1 Å². The Hall–Kier alpha value is -0.980. The number of nitrogens with zero attached hydrogens (tertiary/aromatic N) is 1. The minimum absolute atomic E-state index is 0.0692. The van der Waals surface area contributed by atoms with Crippen LogP contribution in [0.5, 0.6) is 0 Å². The molecule has 0 bridgehead atoms. The lowest BCUT2D eigenvalue weighted by molar-refractivity contribution is 0.0313. The van der Waals surface area contributed by atoms with Crippen molar-refractivity contribution in [1.82, 2.24) is 4.31 Å². The van der Waals surface area contributed by atoms with Crippen LogP contribution >= 0.6 is 0 Å². The van der Waals surface area contributed by atoms with E-state index in [0.717, 1.165) is 12.1 Å². The first kappa shape index (κ1) is 11.5. The van der Waals surface area contributed by atoms with Gasteiger partial charge in [-0.05, 0) is 30.7 Å². The molecule has 0 radical (unpaired) electrons. The van der Waals surface area contributed by atoms with Crippen LogP contribution in [0.2, 0.25) is 0 Å². The highest BCUT2D eigenvalue weighted by atomic mass is 32.2. The molecule has 0 spiro atoms. The van der Waals surface area contributed by atoms with Crippen molar-refractivity contribution in [2.45, 2.75) is 11.3 Å². The van der Waals surface area contributed by atoms with Gasteiger partial charge in [0.1, 0.15) is 12.5 Å². The van der Waals surface area contributed by atoms with Crippen LogP contribution in [0.1, 0.15) is 6.42 Å². The van der Waals surface area contributed by atoms with E-state index in [0.29, 0.717) is 19.6 Å². The van der Waals surface area contributed by atoms with E-state index in [1.165, 1.54) is 16.4 Å². The zero-order valence-corrected chi connectivity index (χ0v) is 9.41. The van der Waals surface area contributed by atoms with Gasteiger partial charge < -0.3 is 4.74 Å². The van der Waals surface area contributed by atoms with Gasteiger partial charge in [-0.2, -0.15) is 4.31 Å². The van der Waals surface area contributed by atoms with Crippen molar-refractivity contribution < 1.29 is 17.5 Å². The van der Waals surface area contributed by atoms with Gasteiger partial charge in [0.25, 0.3) is 0 Å². The highest BCUT2D eigenvalue weighted by molar-refractivity contribution is 7.89. The van der Waals surface area contributed by atoms with Gasteiger partial charge in [0.15, 0.2) is 0 Å². The summed E-state index contributed by atoms with van der Waals surface area (Å²) < 4.78 is 43.1. The van der Waals surface area contributed by atoms with Crippen molar-refractivity contribution in [2.24, 2.45) is 0 Å². The van der Waals surface area contributed by atoms with Gasteiger partial charge in [-0.15, -0.1) is 0 Å². The summed E-state index contributed by atoms with van der Waals surface area (Å²) in [6.07, 6.45) is 0.681. The number of ether oxygens (including phenoxy) is 1. The summed E-state index contributed by atoms with van der Waals surface area (Å²) in [7, 11) is -3.54. The molecule has 1 aliphatic heterocycles. The molecule has 88 valence electrons. The summed E-state index contributed by atoms with van der Waals surface area (Å²) in [5, 5.41) is 0. The molecule has 0 aliphatic carbocycles. The van der Waals surface area contributed by atoms with E-state index in [2.05, 4.69) is 0 Å². The van der Waals surface area contributed by atoms with Crippen LogP contribution in [-0.4, -0.2) is 32.6 Å². The van der Waals surface area contributed by atoms with Gasteiger partial charge in [0.2, 0.25) is 10.0 Å². The maximum Gasteiger partial charge on any atom is 0.245 e. The van der Waals surface area contributed by atoms with Crippen LogP contribution < -0.4 is 0 Å². The molecule has 2 rings (SSSR count). The van der Waals surface area contributed by atoms with E-state index < -0.39 is 15.8 Å². The van der Waals surface area contributed by atoms with Crippen molar-refractivity contribution in [3.8, 4) is 0 Å². The number of rotatable bonds is 2. The van der Waals surface area contributed by atoms with Crippen molar-refractivity contribution in [2.75, 3.05) is 19.9 Å². The minimum Gasteiger partial charge on any atom is -0.365 e. The predicted octanol–water partition coefficient (Wildman–Crippen LogP) is 1.19. The molecule has 6 heteroatoms. The second-order valence-electron chi connectivity index (χ2n) is 3.53. The normalized spacial score (nSPS) is 18.6. The first-order valence-electron chi connectivity index (χ1n) is 4.94. The van der Waals surface area contributed by atoms with Gasteiger partial charge in [0.05, 0.1) is 4.90 Å². The van der Waals surface area contributed by atoms with Crippen LogP contribution in [0.3, 0.4) is 0 Å². The molecule has 1 heterocycles. The van der Waals surface area contributed by atoms with E-state index in [9.17, 15) is 12.8 Å². The second kappa shape index (κ2) is 4.48. The fourth-order valence-corrected chi connectivity index (χ4v) is 2.88. The molecule has 0 N–H and O–H groups in total. The molecular weight excluding hydrogens is 233 g/mol. The zero-order chi connectivity index (χ0) is 11.6. The fourth-order valence-electron chi connectivity index (χ4n) is 1.52. The topological polar surface area (TPSA) is 46.6 Å². The average Bonchev–Trinajstić information content (AvgIpc) is 2.31. The standard InChI is InChI=1S/C10H12FNO3S/c11-9-2-4-10(5-3-9)16(13,14)12-6-1-7-15-8-12/h2-5H,1,6-8H2. The first-order chi connectivity index (χ1) is 7.60. The lowest BCUT2D eigenvalue weighted by Crippen LogP contribution is -2.38. The van der Waals surface area contributed by atoms with E-state index in [1.54, 1.807) is 0 Å². The Bertz CT molecular complexity index is 451. The molecule has 1 aliphatic rings. The molecule has 0 atom stereocenters. The van der Waals surface area contributed by atoms with Gasteiger partial charge in [-0.25, -0.2) is 12.8 Å². The largest absolute Gasteiger partial charge is 0.365 e. The zero-order valence-electron chi connectivity index (χ0n) is 8.60. The summed E-state index contributed by atoms with van der Waals surface area (Å²) in [4.78, 5) is 0.0967. The minimum atomic E-state index is -3.54. The monoisotopic (exact) mass is 245 g/mol. The van der Waals surface area contributed by atoms with E-state index in [1.807, 2.05) is 0 Å². The van der Waals surface area contributed by atoms with Crippen LogP contribution in [-0.2, 0) is 14.8 Å². The number of halogens is 1. The van der Waals surface area contributed by atoms with Crippen LogP contribution in [0.15, 0.2) is 29.2 Å². The van der Waals surface area contributed by atoms with E-state index in [4.69, 9.17) is 4.74 Å². The molecule has 16 heavy (non-hydrogen) atoms. The third-order valence-corrected chi connectivity index (χ3v) is 4.22. The van der Waals surface area contributed by atoms with Crippen molar-refractivity contribution in [1.29, 1.82) is 0 Å². The molecule has 0 amide bonds. The molecule has 1 saturated heterocycles. The van der Waals surface area contributed by atoms with Crippen LogP contribution in [0, 0.1) is 5.82 Å². The lowest BCUT2D eigenvalue weighted by atomic mass is 10.4. The van der Waals surface area contributed by atoms with Crippen LogP contribution in [0.4, 0.5) is 4.39 Å². The molecule has 4 nitrogen and oxygen atoms in total. The molecule has 1 aromatic carbocycles. The Morgan fingerprint density at radius 1 is 1.25 bits per heavy atom. The molecule has 1 fully saturated rings. The highest BCUT2D eigenvalue weighted by Crippen LogP contribution is 2.18. The maximum absolute atomic E-state index is 12.7. The first-order valence-corrected chi connectivity index (χ1v) is 6.38. The molecule has 0 unspecified atom stereocenters. The third-order valence-electron chi connectivity index (χ3n) is 2.38. The van der Waals surface area contributed by atoms with Crippen LogP contribution in [0.25, 0.3) is 0 Å². The van der Waals surface area contributed by atoms with Gasteiger partial charge in [0, 0.05) is 13.2 Å². The maximum atomic E-state index is 12.7.